The molecule has 0 spiro atoms. The van der Waals surface area contributed by atoms with E-state index in [2.05, 4.69) is 61.2 Å². The summed E-state index contributed by atoms with van der Waals surface area (Å²) in [6.45, 7) is 8.61. The molecular weight excluding hydrogens is 420 g/mol. The topological polar surface area (TPSA) is 49.3 Å². The van der Waals surface area contributed by atoms with E-state index in [1.165, 1.54) is 11.1 Å². The van der Waals surface area contributed by atoms with Gasteiger partial charge in [-0.25, -0.2) is 9.97 Å². The molecule has 6 heteroatoms. The van der Waals surface area contributed by atoms with Crippen molar-refractivity contribution < 1.29 is 4.79 Å². The van der Waals surface area contributed by atoms with Crippen LogP contribution >= 0.6 is 11.6 Å². The van der Waals surface area contributed by atoms with Crippen LogP contribution in [0.1, 0.15) is 29.3 Å². The first-order valence-electron chi connectivity index (χ1n) is 11.1. The lowest BCUT2D eigenvalue weighted by Gasteiger charge is -2.37. The third kappa shape index (κ3) is 4.94. The molecule has 0 unspecified atom stereocenters. The normalized spacial score (nSPS) is 15.0. The summed E-state index contributed by atoms with van der Waals surface area (Å²) in [6, 6.07) is 18.7. The minimum absolute atomic E-state index is 0.00450. The van der Waals surface area contributed by atoms with Crippen LogP contribution in [-0.4, -0.2) is 52.3 Å². The summed E-state index contributed by atoms with van der Waals surface area (Å²) in [5.74, 6) is 1.70. The molecule has 1 saturated heterocycles. The number of carbonyl (C=O) groups excluding carboxylic acids is 1. The van der Waals surface area contributed by atoms with Gasteiger partial charge < -0.3 is 9.80 Å². The fourth-order valence-electron chi connectivity index (χ4n) is 4.15. The number of halogens is 1. The Kier molecular flexibility index (Phi) is 6.75. The van der Waals surface area contributed by atoms with Crippen molar-refractivity contribution in [3.63, 3.8) is 0 Å². The van der Waals surface area contributed by atoms with Gasteiger partial charge in [0.2, 0.25) is 5.91 Å². The summed E-state index contributed by atoms with van der Waals surface area (Å²) in [5.41, 5.74) is 5.56. The fraction of sp³-hybridized carbons (Fsp3) is 0.346. The molecule has 0 aliphatic carbocycles. The van der Waals surface area contributed by atoms with Crippen LogP contribution in [0.2, 0.25) is 0 Å². The number of carbonyl (C=O) groups is 1. The average Bonchev–Trinajstić information content (AvgIpc) is 2.80. The highest BCUT2D eigenvalue weighted by molar-refractivity contribution is 6.30. The lowest BCUT2D eigenvalue weighted by atomic mass is 10.0. The van der Waals surface area contributed by atoms with Crippen LogP contribution in [0.15, 0.2) is 54.6 Å². The van der Waals surface area contributed by atoms with Gasteiger partial charge in [0.25, 0.3) is 0 Å². The highest BCUT2D eigenvalue weighted by Gasteiger charge is 2.27. The molecule has 3 aromatic rings. The Bertz CT molecular complexity index is 1090. The van der Waals surface area contributed by atoms with E-state index in [-0.39, 0.29) is 5.91 Å². The SMILES string of the molecule is Cc1cccc(-c2nc(C)c(Cc3ccccc3)c(N3CCN(C(=O)[C@@H](C)Cl)CC3)n2)c1. The maximum atomic E-state index is 12.3. The smallest absolute Gasteiger partial charge is 0.240 e. The van der Waals surface area contributed by atoms with E-state index >= 15 is 0 Å². The van der Waals surface area contributed by atoms with Crippen molar-refractivity contribution in [1.29, 1.82) is 0 Å². The molecule has 1 amide bonds. The first-order valence-corrected chi connectivity index (χ1v) is 11.5. The Morgan fingerprint density at radius 2 is 1.72 bits per heavy atom. The summed E-state index contributed by atoms with van der Waals surface area (Å²) < 4.78 is 0. The average molecular weight is 449 g/mol. The number of piperazine rings is 1. The molecule has 32 heavy (non-hydrogen) atoms. The summed E-state index contributed by atoms with van der Waals surface area (Å²) in [7, 11) is 0. The Morgan fingerprint density at radius 3 is 2.38 bits per heavy atom. The number of hydrogen-bond acceptors (Lipinski definition) is 4. The van der Waals surface area contributed by atoms with Crippen molar-refractivity contribution in [2.24, 2.45) is 0 Å². The van der Waals surface area contributed by atoms with E-state index in [0.717, 1.165) is 48.0 Å². The first kappa shape index (κ1) is 22.3. The second-order valence-corrected chi connectivity index (χ2v) is 9.05. The number of alkyl halides is 1. The monoisotopic (exact) mass is 448 g/mol. The molecule has 2 heterocycles. The highest BCUT2D eigenvalue weighted by Crippen LogP contribution is 2.28. The van der Waals surface area contributed by atoms with Crippen LogP contribution in [0.4, 0.5) is 5.82 Å². The zero-order chi connectivity index (χ0) is 22.7. The van der Waals surface area contributed by atoms with Crippen molar-refractivity contribution in [2.45, 2.75) is 32.6 Å². The highest BCUT2D eigenvalue weighted by atomic mass is 35.5. The quantitative estimate of drug-likeness (QED) is 0.534. The summed E-state index contributed by atoms with van der Waals surface area (Å²) in [6.07, 6.45) is 0.772. The van der Waals surface area contributed by atoms with E-state index in [9.17, 15) is 4.79 Å². The molecule has 5 nitrogen and oxygen atoms in total. The molecule has 0 radical (unpaired) electrons. The molecule has 1 aromatic heterocycles. The van der Waals surface area contributed by atoms with E-state index in [4.69, 9.17) is 21.6 Å². The summed E-state index contributed by atoms with van der Waals surface area (Å²) in [5, 5.41) is -0.496. The van der Waals surface area contributed by atoms with Crippen molar-refractivity contribution >= 4 is 23.3 Å². The molecule has 4 rings (SSSR count). The lowest BCUT2D eigenvalue weighted by Crippen LogP contribution is -2.51. The number of nitrogens with zero attached hydrogens (tertiary/aromatic N) is 4. The Labute approximate surface area is 195 Å². The molecule has 166 valence electrons. The van der Waals surface area contributed by atoms with E-state index in [1.807, 2.05) is 17.0 Å². The number of rotatable bonds is 5. The van der Waals surface area contributed by atoms with Crippen molar-refractivity contribution in [3.05, 3.63) is 77.0 Å². The Hall–Kier alpha value is -2.92. The van der Waals surface area contributed by atoms with Gasteiger partial charge in [0, 0.05) is 49.4 Å². The lowest BCUT2D eigenvalue weighted by molar-refractivity contribution is -0.130. The maximum Gasteiger partial charge on any atom is 0.240 e. The molecule has 2 aromatic carbocycles. The number of amides is 1. The number of benzene rings is 2. The van der Waals surface area contributed by atoms with Crippen LogP contribution in [0.3, 0.4) is 0 Å². The number of anilines is 1. The molecule has 0 saturated carbocycles. The Morgan fingerprint density at radius 1 is 1.00 bits per heavy atom. The third-order valence-electron chi connectivity index (χ3n) is 5.92. The second kappa shape index (κ2) is 9.70. The van der Waals surface area contributed by atoms with Gasteiger partial charge in [-0.2, -0.15) is 0 Å². The number of aryl methyl sites for hydroxylation is 2. The standard InChI is InChI=1S/C26H29ClN4O/c1-18-8-7-11-22(16-18)24-28-20(3)23(17-21-9-5-4-6-10-21)25(29-24)30-12-14-31(15-13-30)26(32)19(2)27/h4-11,16,19H,12-15,17H2,1-3H3/t19-/m1/s1. The number of hydrogen-bond donors (Lipinski definition) is 0. The summed E-state index contributed by atoms with van der Waals surface area (Å²) in [4.78, 5) is 26.4. The summed E-state index contributed by atoms with van der Waals surface area (Å²) >= 11 is 6.03. The van der Waals surface area contributed by atoms with Crippen LogP contribution in [0.5, 0.6) is 0 Å². The number of aromatic nitrogens is 2. The van der Waals surface area contributed by atoms with E-state index in [0.29, 0.717) is 13.1 Å². The van der Waals surface area contributed by atoms with Gasteiger partial charge in [0.05, 0.1) is 0 Å². The van der Waals surface area contributed by atoms with Gasteiger partial charge in [-0.05, 0) is 32.4 Å². The van der Waals surface area contributed by atoms with Gasteiger partial charge >= 0.3 is 0 Å². The van der Waals surface area contributed by atoms with Crippen LogP contribution in [-0.2, 0) is 11.2 Å². The molecule has 0 bridgehead atoms. The first-order chi connectivity index (χ1) is 15.4. The molecular formula is C26H29ClN4O. The molecule has 1 aliphatic rings. The van der Waals surface area contributed by atoms with Crippen LogP contribution in [0.25, 0.3) is 11.4 Å². The van der Waals surface area contributed by atoms with Gasteiger partial charge in [-0.3, -0.25) is 4.79 Å². The van der Waals surface area contributed by atoms with Gasteiger partial charge in [0.15, 0.2) is 5.82 Å². The minimum Gasteiger partial charge on any atom is -0.353 e. The minimum atomic E-state index is -0.496. The second-order valence-electron chi connectivity index (χ2n) is 8.39. The third-order valence-corrected chi connectivity index (χ3v) is 6.11. The largest absolute Gasteiger partial charge is 0.353 e. The zero-order valence-electron chi connectivity index (χ0n) is 18.9. The van der Waals surface area contributed by atoms with Gasteiger partial charge in [-0.1, -0.05) is 54.1 Å². The van der Waals surface area contributed by atoms with Crippen molar-refractivity contribution in [3.8, 4) is 11.4 Å². The van der Waals surface area contributed by atoms with Crippen LogP contribution < -0.4 is 4.90 Å². The molecule has 1 atom stereocenters. The predicted molar refractivity (Wildman–Crippen MR) is 130 cm³/mol. The van der Waals surface area contributed by atoms with Gasteiger partial charge in [-0.15, -0.1) is 11.6 Å². The van der Waals surface area contributed by atoms with Gasteiger partial charge in [0.1, 0.15) is 11.2 Å². The maximum absolute atomic E-state index is 12.3. The predicted octanol–water partition coefficient (Wildman–Crippen LogP) is 4.63. The fourth-order valence-corrected chi connectivity index (χ4v) is 4.29. The molecule has 0 N–H and O–H groups in total. The van der Waals surface area contributed by atoms with E-state index < -0.39 is 5.38 Å². The zero-order valence-corrected chi connectivity index (χ0v) is 19.6. The Balaban J connectivity index is 1.70. The van der Waals surface area contributed by atoms with E-state index in [1.54, 1.807) is 6.92 Å². The van der Waals surface area contributed by atoms with Crippen molar-refractivity contribution in [2.75, 3.05) is 31.1 Å². The van der Waals surface area contributed by atoms with Crippen LogP contribution in [0, 0.1) is 13.8 Å². The van der Waals surface area contributed by atoms with Crippen molar-refractivity contribution in [1.82, 2.24) is 14.9 Å². The molecule has 1 fully saturated rings. The molecule has 1 aliphatic heterocycles.